The van der Waals surface area contributed by atoms with Crippen LogP contribution in [0.2, 0.25) is 36.3 Å². The molecule has 0 unspecified atom stereocenters. The quantitative estimate of drug-likeness (QED) is 0.180. The first-order valence-corrected chi connectivity index (χ1v) is 32.4. The zero-order valence-electron chi connectivity index (χ0n) is 38.9. The summed E-state index contributed by atoms with van der Waals surface area (Å²) in [6.45, 7) is 0. The summed E-state index contributed by atoms with van der Waals surface area (Å²) >= 11 is 0. The Kier molecular flexibility index (Phi) is 27.5. The highest BCUT2D eigenvalue weighted by Crippen LogP contribution is 2.42. The third-order valence-corrected chi connectivity index (χ3v) is 26.8. The summed E-state index contributed by atoms with van der Waals surface area (Å²) in [4.78, 5) is 30.2. The number of hydrogen-bond donors (Lipinski definition) is 0. The first kappa shape index (κ1) is 49.9. The molecule has 0 amide bonds. The molecule has 7 aliphatic rings. The molecule has 1 aliphatic carbocycles. The normalized spacial score (nSPS) is 29.6. The average molecular weight is 836 g/mol. The molecule has 0 radical (unpaired) electrons. The lowest BCUT2D eigenvalue weighted by Gasteiger charge is -2.38. The van der Waals surface area contributed by atoms with Crippen LogP contribution < -0.4 is 0 Å². The summed E-state index contributed by atoms with van der Waals surface area (Å²) in [6, 6.07) is 7.52. The molecule has 334 valence electrons. The lowest BCUT2D eigenvalue weighted by atomic mass is 10.0. The Morgan fingerprint density at radius 1 is 0.207 bits per heavy atom. The minimum Gasteiger partial charge on any atom is -0.290 e. The van der Waals surface area contributed by atoms with E-state index in [0.717, 1.165) is 10.4 Å². The van der Waals surface area contributed by atoms with Crippen molar-refractivity contribution in [3.05, 3.63) is 22.5 Å². The largest absolute Gasteiger partial charge is 0.290 e. The number of rotatable bonds is 0. The highest BCUT2D eigenvalue weighted by Gasteiger charge is 2.45. The van der Waals surface area contributed by atoms with E-state index in [-0.39, 0.29) is 0 Å². The van der Waals surface area contributed by atoms with Gasteiger partial charge in [-0.15, -0.1) is 0 Å². The molecule has 58 heavy (non-hydrogen) atoms. The van der Waals surface area contributed by atoms with Crippen molar-refractivity contribution < 1.29 is 9.59 Å². The Morgan fingerprint density at radius 3 is 0.466 bits per heavy atom. The van der Waals surface area contributed by atoms with E-state index in [2.05, 4.69) is 12.2 Å². The average Bonchev–Trinajstić information content (AvgIpc) is 3.22. The fraction of sp³-hybridized carbons (Fsp3) is 0.889. The molecule has 0 spiro atoms. The lowest BCUT2D eigenvalue weighted by molar-refractivity contribution is -0.114. The molecule has 0 atom stereocenters. The summed E-state index contributed by atoms with van der Waals surface area (Å²) in [5.41, 5.74) is 0. The van der Waals surface area contributed by atoms with Crippen molar-refractivity contribution in [3.63, 3.8) is 0 Å². The lowest BCUT2D eigenvalue weighted by Crippen LogP contribution is -2.46. The van der Waals surface area contributed by atoms with Crippen LogP contribution in [-0.2, 0) is 9.59 Å². The van der Waals surface area contributed by atoms with Crippen LogP contribution in [0.1, 0.15) is 270 Å². The molecule has 6 heterocycles. The Labute approximate surface area is 364 Å². The SMILES string of the molecule is O=C1C=C2C(=O)C=C1[Si]13CCCCCCCCCCCCCCCC[Si]2(CCCCCCCCCCCCCCCC1)CCCCCCCCCCCCCCCC3. The van der Waals surface area contributed by atoms with Gasteiger partial charge in [0, 0.05) is 0 Å². The van der Waals surface area contributed by atoms with E-state index >= 15 is 9.59 Å². The minimum absolute atomic E-state index is 0.338. The van der Waals surface area contributed by atoms with Crippen molar-refractivity contribution in [3.8, 4) is 0 Å². The van der Waals surface area contributed by atoms with E-state index in [4.69, 9.17) is 0 Å². The predicted molar refractivity (Wildman–Crippen MR) is 260 cm³/mol. The van der Waals surface area contributed by atoms with Crippen LogP contribution in [0.15, 0.2) is 22.5 Å². The van der Waals surface area contributed by atoms with Gasteiger partial charge >= 0.3 is 0 Å². The maximum absolute atomic E-state index is 15.1. The van der Waals surface area contributed by atoms with E-state index < -0.39 is 16.1 Å². The molecule has 4 heteroatoms. The zero-order valence-corrected chi connectivity index (χ0v) is 40.9. The fourth-order valence-electron chi connectivity index (χ4n) is 12.1. The monoisotopic (exact) mass is 835 g/mol. The second-order valence-corrected chi connectivity index (χ2v) is 30.0. The smallest absolute Gasteiger partial charge is 0.178 e. The first-order valence-electron chi connectivity index (χ1n) is 27.2. The molecule has 0 N–H and O–H groups in total. The van der Waals surface area contributed by atoms with Crippen LogP contribution >= 0.6 is 0 Å². The van der Waals surface area contributed by atoms with Crippen molar-refractivity contribution in [2.45, 2.75) is 306 Å². The van der Waals surface area contributed by atoms with Crippen LogP contribution in [-0.4, -0.2) is 27.7 Å². The molecule has 6 aliphatic heterocycles. The molecule has 0 saturated heterocycles. The molecule has 2 nitrogen and oxygen atoms in total. The van der Waals surface area contributed by atoms with Gasteiger partial charge in [-0.2, -0.15) is 0 Å². The molecule has 0 aromatic carbocycles. The van der Waals surface area contributed by atoms with Gasteiger partial charge in [-0.05, 0) is 22.5 Å². The summed E-state index contributed by atoms with van der Waals surface area (Å²) in [6.07, 6.45) is 61.8. The van der Waals surface area contributed by atoms with Gasteiger partial charge in [0.1, 0.15) is 0 Å². The highest BCUT2D eigenvalue weighted by molar-refractivity contribution is 6.94. The number of ketones is 2. The fourth-order valence-corrected chi connectivity index (χ4v) is 22.8. The van der Waals surface area contributed by atoms with E-state index in [1.165, 1.54) is 306 Å². The molecular formula is C54H98O2Si2. The Morgan fingerprint density at radius 2 is 0.328 bits per heavy atom. The first-order chi connectivity index (χ1) is 28.7. The third-order valence-electron chi connectivity index (χ3n) is 15.9. The number of carbonyl (C=O) groups excluding carboxylic acids is 2. The standard InChI is InChI=1S/C54H98O2Si2/c55-51-50-54-52(56)49-53(51)57-43-37-31-25-19-13-7-1-2-8-14-20-26-32-38-44-58(54,47-41-35-29-23-17-11-5-3-9-15-21-27-33-39-45-57)48-42-36-30-24-18-12-6-4-10-16-22-28-34-40-46-57/h49-50H,1-48H2. The van der Waals surface area contributed by atoms with Crippen molar-refractivity contribution >= 4 is 27.7 Å². The molecule has 4 bridgehead atoms. The zero-order chi connectivity index (χ0) is 40.7. The van der Waals surface area contributed by atoms with Gasteiger partial charge < -0.3 is 0 Å². The van der Waals surface area contributed by atoms with E-state index in [1.54, 1.807) is 0 Å². The van der Waals surface area contributed by atoms with Crippen molar-refractivity contribution in [1.82, 2.24) is 0 Å². The van der Waals surface area contributed by atoms with Crippen LogP contribution in [0.5, 0.6) is 0 Å². The van der Waals surface area contributed by atoms with Crippen LogP contribution in [0.4, 0.5) is 0 Å². The van der Waals surface area contributed by atoms with Gasteiger partial charge in [0.2, 0.25) is 0 Å². The second-order valence-electron chi connectivity index (χ2n) is 20.8. The Balaban J connectivity index is 1.70. The van der Waals surface area contributed by atoms with Gasteiger partial charge in [-0.1, -0.05) is 306 Å². The van der Waals surface area contributed by atoms with Gasteiger partial charge in [0.15, 0.2) is 11.6 Å². The van der Waals surface area contributed by atoms with Crippen molar-refractivity contribution in [1.29, 1.82) is 0 Å². The number of allylic oxidation sites excluding steroid dienone is 4. The molecule has 0 saturated carbocycles. The number of carbonyl (C=O) groups is 2. The highest BCUT2D eigenvalue weighted by atomic mass is 28.3. The maximum atomic E-state index is 15.1. The molecular weight excluding hydrogens is 737 g/mol. The summed E-state index contributed by atoms with van der Waals surface area (Å²) < 4.78 is 0. The summed E-state index contributed by atoms with van der Waals surface area (Å²) in [5, 5.41) is 2.21. The molecule has 0 aromatic heterocycles. The summed E-state index contributed by atoms with van der Waals surface area (Å²) in [5.74, 6) is 0.675. The summed E-state index contributed by atoms with van der Waals surface area (Å²) in [7, 11) is -4.31. The van der Waals surface area contributed by atoms with Crippen LogP contribution in [0.25, 0.3) is 0 Å². The number of hydrogen-bond acceptors (Lipinski definition) is 2. The Bertz CT molecular complexity index is 959. The van der Waals surface area contributed by atoms with Gasteiger partial charge in [0.25, 0.3) is 0 Å². The number of fused-ring (bicyclic) bond motifs is 45. The van der Waals surface area contributed by atoms with Crippen LogP contribution in [0, 0.1) is 0 Å². The minimum atomic E-state index is -2.16. The second kappa shape index (κ2) is 32.0. The van der Waals surface area contributed by atoms with Gasteiger partial charge in [-0.3, -0.25) is 9.59 Å². The van der Waals surface area contributed by atoms with E-state index in [0.29, 0.717) is 11.6 Å². The van der Waals surface area contributed by atoms with E-state index in [9.17, 15) is 0 Å². The van der Waals surface area contributed by atoms with E-state index in [1.807, 2.05) is 0 Å². The molecule has 7 rings (SSSR count). The topological polar surface area (TPSA) is 34.1 Å². The van der Waals surface area contributed by atoms with Crippen LogP contribution in [0.3, 0.4) is 0 Å². The Hall–Kier alpha value is -0.746. The van der Waals surface area contributed by atoms with Crippen molar-refractivity contribution in [2.75, 3.05) is 0 Å². The maximum Gasteiger partial charge on any atom is 0.178 e. The van der Waals surface area contributed by atoms with Gasteiger partial charge in [0.05, 0.1) is 16.1 Å². The van der Waals surface area contributed by atoms with Crippen molar-refractivity contribution in [2.24, 2.45) is 0 Å². The third kappa shape index (κ3) is 20.0. The molecule has 0 fully saturated rings. The predicted octanol–water partition coefficient (Wildman–Crippen LogP) is 18.4. The van der Waals surface area contributed by atoms with Gasteiger partial charge in [-0.25, -0.2) is 0 Å². The molecule has 0 aromatic rings.